The first-order valence-electron chi connectivity index (χ1n) is 11.5. The fourth-order valence-corrected chi connectivity index (χ4v) is 5.74. The molecule has 3 heterocycles. The zero-order chi connectivity index (χ0) is 23.0. The molecule has 5 rings (SSSR count). The zero-order valence-electron chi connectivity index (χ0n) is 18.6. The molecule has 2 aromatic heterocycles. The van der Waals surface area contributed by atoms with Gasteiger partial charge >= 0.3 is 0 Å². The average Bonchev–Trinajstić information content (AvgIpc) is 3.29. The van der Waals surface area contributed by atoms with E-state index in [0.29, 0.717) is 41.0 Å². The number of hydrogen-bond donors (Lipinski definition) is 3. The minimum absolute atomic E-state index is 0.0232. The second-order valence-corrected chi connectivity index (χ2v) is 10.5. The van der Waals surface area contributed by atoms with Crippen LogP contribution in [0.4, 0.5) is 16.2 Å². The lowest BCUT2D eigenvalue weighted by atomic mass is 9.94. The Morgan fingerprint density at radius 1 is 1.30 bits per heavy atom. The van der Waals surface area contributed by atoms with Crippen LogP contribution in [0.25, 0.3) is 11.0 Å². The summed E-state index contributed by atoms with van der Waals surface area (Å²) in [7, 11) is 0. The minimum atomic E-state index is -1.12. The van der Waals surface area contributed by atoms with Gasteiger partial charge < -0.3 is 24.8 Å². The average molecular weight is 474 g/mol. The number of aliphatic hydroxyl groups excluding tert-OH is 1. The van der Waals surface area contributed by atoms with Gasteiger partial charge in [-0.15, -0.1) is 0 Å². The van der Waals surface area contributed by atoms with Crippen molar-refractivity contribution in [2.45, 2.75) is 61.8 Å². The number of rotatable bonds is 10. The van der Waals surface area contributed by atoms with Crippen LogP contribution >= 0.6 is 0 Å². The molecule has 1 fully saturated rings. The summed E-state index contributed by atoms with van der Waals surface area (Å²) < 4.78 is 31.4. The summed E-state index contributed by atoms with van der Waals surface area (Å²) in [5.74, 6) is 1.42. The van der Waals surface area contributed by atoms with Crippen LogP contribution in [0, 0.1) is 5.82 Å². The fraction of sp³-hybridized carbons (Fsp3) is 0.522. The fourth-order valence-electron chi connectivity index (χ4n) is 4.44. The van der Waals surface area contributed by atoms with Gasteiger partial charge in [0.1, 0.15) is 17.3 Å². The standard InChI is InChI=1S/C23H28FN5O3S/c1-2-3-14(19-16-5-4-15(24)12-18(16)32-29-19)6-10-25-22-26-17-7-11-33(31)20(17)21(27-22)28-23(13-30)8-9-23/h4-5,12,14,30H,2-3,6-11,13H2,1H3,(H2,25,26,27,28). The Kier molecular flexibility index (Phi) is 6.15. The van der Waals surface area contributed by atoms with E-state index in [2.05, 4.69) is 32.7 Å². The maximum Gasteiger partial charge on any atom is 0.225 e. The first kappa shape index (κ1) is 22.4. The molecule has 1 aliphatic carbocycles. The van der Waals surface area contributed by atoms with Crippen LogP contribution in [0.2, 0.25) is 0 Å². The van der Waals surface area contributed by atoms with Crippen LogP contribution < -0.4 is 10.6 Å². The third-order valence-electron chi connectivity index (χ3n) is 6.49. The largest absolute Gasteiger partial charge is 0.611 e. The summed E-state index contributed by atoms with van der Waals surface area (Å²) in [4.78, 5) is 9.90. The summed E-state index contributed by atoms with van der Waals surface area (Å²) in [6.07, 6.45) is 5.08. The number of aromatic nitrogens is 3. The van der Waals surface area contributed by atoms with Gasteiger partial charge in [-0.1, -0.05) is 18.5 Å². The number of benzene rings is 1. The van der Waals surface area contributed by atoms with Crippen LogP contribution in [0.15, 0.2) is 27.6 Å². The van der Waals surface area contributed by atoms with Gasteiger partial charge in [0.05, 0.1) is 17.8 Å². The molecule has 1 saturated carbocycles. The van der Waals surface area contributed by atoms with Gasteiger partial charge in [0.25, 0.3) is 0 Å². The Bertz CT molecular complexity index is 1150. The Morgan fingerprint density at radius 2 is 2.15 bits per heavy atom. The summed E-state index contributed by atoms with van der Waals surface area (Å²) >= 11 is -1.12. The molecule has 1 aromatic carbocycles. The Morgan fingerprint density at radius 3 is 2.91 bits per heavy atom. The van der Waals surface area contributed by atoms with Gasteiger partial charge in [-0.2, -0.15) is 4.98 Å². The molecule has 0 spiro atoms. The van der Waals surface area contributed by atoms with E-state index in [0.717, 1.165) is 48.9 Å². The smallest absolute Gasteiger partial charge is 0.225 e. The monoisotopic (exact) mass is 473 g/mol. The molecule has 2 unspecified atom stereocenters. The van der Waals surface area contributed by atoms with E-state index in [1.165, 1.54) is 12.1 Å². The molecule has 0 bridgehead atoms. The van der Waals surface area contributed by atoms with Gasteiger partial charge in [0, 0.05) is 30.3 Å². The van der Waals surface area contributed by atoms with E-state index < -0.39 is 11.2 Å². The highest BCUT2D eigenvalue weighted by molar-refractivity contribution is 7.91. The van der Waals surface area contributed by atoms with Crippen molar-refractivity contribution in [1.29, 1.82) is 0 Å². The minimum Gasteiger partial charge on any atom is -0.611 e. The number of hydrogen-bond acceptors (Lipinski definition) is 8. The number of aliphatic hydroxyl groups is 1. The molecule has 3 aromatic rings. The first-order chi connectivity index (χ1) is 16.0. The number of nitrogens with zero attached hydrogens (tertiary/aromatic N) is 3. The third kappa shape index (κ3) is 4.51. The maximum atomic E-state index is 13.5. The van der Waals surface area contributed by atoms with Crippen LogP contribution in [0.5, 0.6) is 0 Å². The lowest BCUT2D eigenvalue weighted by Gasteiger charge is -2.18. The normalized spacial score (nSPS) is 19.5. The molecule has 33 heavy (non-hydrogen) atoms. The van der Waals surface area contributed by atoms with Crippen molar-refractivity contribution in [2.75, 3.05) is 29.5 Å². The topological polar surface area (TPSA) is 119 Å². The second-order valence-electron chi connectivity index (χ2n) is 8.94. The number of halogens is 1. The lowest BCUT2D eigenvalue weighted by molar-refractivity contribution is 0.265. The molecule has 0 amide bonds. The first-order valence-corrected chi connectivity index (χ1v) is 12.8. The maximum absolute atomic E-state index is 13.5. The van der Waals surface area contributed by atoms with E-state index in [1.54, 1.807) is 6.07 Å². The van der Waals surface area contributed by atoms with Crippen molar-refractivity contribution in [3.63, 3.8) is 0 Å². The third-order valence-corrected chi connectivity index (χ3v) is 7.95. The molecule has 2 aliphatic rings. The zero-order valence-corrected chi connectivity index (χ0v) is 19.4. The van der Waals surface area contributed by atoms with Crippen molar-refractivity contribution in [3.8, 4) is 0 Å². The van der Waals surface area contributed by atoms with Crippen molar-refractivity contribution in [2.24, 2.45) is 0 Å². The van der Waals surface area contributed by atoms with Gasteiger partial charge in [-0.25, -0.2) is 9.37 Å². The molecular weight excluding hydrogens is 445 g/mol. The predicted octanol–water partition coefficient (Wildman–Crippen LogP) is 3.74. The number of fused-ring (bicyclic) bond motifs is 2. The predicted molar refractivity (Wildman–Crippen MR) is 124 cm³/mol. The van der Waals surface area contributed by atoms with Crippen molar-refractivity contribution < 1.29 is 18.6 Å². The molecule has 10 heteroatoms. The van der Waals surface area contributed by atoms with E-state index in [-0.39, 0.29) is 23.9 Å². The number of anilines is 2. The van der Waals surface area contributed by atoms with E-state index in [9.17, 15) is 14.0 Å². The van der Waals surface area contributed by atoms with Gasteiger partial charge in [0.15, 0.2) is 11.4 Å². The molecule has 176 valence electrons. The van der Waals surface area contributed by atoms with Crippen LogP contribution in [-0.2, 0) is 17.6 Å². The molecule has 3 N–H and O–H groups in total. The molecule has 1 aliphatic heterocycles. The Balaban J connectivity index is 1.32. The summed E-state index contributed by atoms with van der Waals surface area (Å²) in [6.45, 7) is 2.76. The molecule has 8 nitrogen and oxygen atoms in total. The Hall–Kier alpha value is -2.43. The second kappa shape index (κ2) is 9.08. The van der Waals surface area contributed by atoms with Crippen LogP contribution in [-0.4, -0.2) is 49.2 Å². The van der Waals surface area contributed by atoms with Gasteiger partial charge in [-0.05, 0) is 49.0 Å². The molecular formula is C23H28FN5O3S. The highest BCUT2D eigenvalue weighted by Crippen LogP contribution is 2.41. The van der Waals surface area contributed by atoms with Crippen LogP contribution in [0.1, 0.15) is 56.3 Å². The van der Waals surface area contributed by atoms with Crippen molar-refractivity contribution in [3.05, 3.63) is 35.4 Å². The summed E-state index contributed by atoms with van der Waals surface area (Å²) in [5.41, 5.74) is 1.76. The van der Waals surface area contributed by atoms with Crippen molar-refractivity contribution >= 4 is 33.9 Å². The lowest BCUT2D eigenvalue weighted by Crippen LogP contribution is -2.27. The highest BCUT2D eigenvalue weighted by Gasteiger charge is 2.44. The van der Waals surface area contributed by atoms with Crippen molar-refractivity contribution in [1.82, 2.24) is 15.1 Å². The van der Waals surface area contributed by atoms with E-state index >= 15 is 0 Å². The number of nitrogens with one attached hydrogen (secondary N) is 2. The number of aryl methyl sites for hydroxylation is 1. The summed E-state index contributed by atoms with van der Waals surface area (Å²) in [6, 6.07) is 4.52. The Labute approximate surface area is 194 Å². The van der Waals surface area contributed by atoms with Gasteiger partial charge in [-0.3, -0.25) is 0 Å². The van der Waals surface area contributed by atoms with E-state index in [4.69, 9.17) is 4.52 Å². The SMILES string of the molecule is CCCC(CCNc1nc2c(c(NC3(CO)CC3)n1)[S+]([O-])CC2)c1noc2cc(F)ccc12. The van der Waals surface area contributed by atoms with Crippen LogP contribution in [0.3, 0.4) is 0 Å². The molecule has 0 radical (unpaired) electrons. The summed E-state index contributed by atoms with van der Waals surface area (Å²) in [5, 5.41) is 21.4. The highest BCUT2D eigenvalue weighted by atomic mass is 32.2. The van der Waals surface area contributed by atoms with E-state index in [1.807, 2.05) is 0 Å². The molecule has 2 atom stereocenters. The van der Waals surface area contributed by atoms with Gasteiger partial charge in [0.2, 0.25) is 10.8 Å². The quantitative estimate of drug-likeness (QED) is 0.381. The molecule has 0 saturated heterocycles.